The number of rotatable bonds is 7. The van der Waals surface area contributed by atoms with Crippen LogP contribution in [0.2, 0.25) is 0 Å². The van der Waals surface area contributed by atoms with E-state index in [9.17, 15) is 9.59 Å². The third kappa shape index (κ3) is 4.86. The van der Waals surface area contributed by atoms with Gasteiger partial charge in [0.25, 0.3) is 5.91 Å². The van der Waals surface area contributed by atoms with Crippen LogP contribution in [-0.4, -0.2) is 31.7 Å². The van der Waals surface area contributed by atoms with Crippen molar-refractivity contribution in [2.45, 2.75) is 18.7 Å². The molecule has 2 aromatic carbocycles. The number of thioether (sulfide) groups is 1. The minimum absolute atomic E-state index is 0.149. The molecule has 0 atom stereocenters. The molecule has 1 heterocycles. The van der Waals surface area contributed by atoms with Gasteiger partial charge < -0.3 is 19.5 Å². The number of hydrogen-bond donors (Lipinski definition) is 1. The maximum Gasteiger partial charge on any atom is 0.344 e. The van der Waals surface area contributed by atoms with Gasteiger partial charge in [0.05, 0.1) is 23.8 Å². The van der Waals surface area contributed by atoms with Gasteiger partial charge in [-0.05, 0) is 49.8 Å². The predicted molar refractivity (Wildman–Crippen MR) is 109 cm³/mol. The van der Waals surface area contributed by atoms with Crippen LogP contribution < -0.4 is 14.8 Å². The number of esters is 1. The van der Waals surface area contributed by atoms with E-state index in [0.717, 1.165) is 16.1 Å². The summed E-state index contributed by atoms with van der Waals surface area (Å²) in [7, 11) is 0. The largest absolute Gasteiger partial charge is 0.490 e. The van der Waals surface area contributed by atoms with Crippen LogP contribution in [0.5, 0.6) is 11.5 Å². The van der Waals surface area contributed by atoms with Crippen LogP contribution in [0.3, 0.4) is 0 Å². The average molecular weight is 399 g/mol. The fraction of sp³-hybridized carbons (Fsp3) is 0.238. The van der Waals surface area contributed by atoms with Crippen LogP contribution in [0.4, 0.5) is 5.69 Å². The Kier molecular flexibility index (Phi) is 6.60. The first kappa shape index (κ1) is 19.8. The monoisotopic (exact) mass is 399 g/mol. The van der Waals surface area contributed by atoms with E-state index in [1.165, 1.54) is 11.8 Å². The fourth-order valence-electron chi connectivity index (χ4n) is 2.60. The molecule has 0 spiro atoms. The van der Waals surface area contributed by atoms with Crippen molar-refractivity contribution in [3.8, 4) is 11.5 Å². The van der Waals surface area contributed by atoms with Crippen molar-refractivity contribution in [1.82, 2.24) is 0 Å². The molecule has 6 nitrogen and oxygen atoms in total. The molecular formula is C21H21NO5S. The molecular weight excluding hydrogens is 378 g/mol. The topological polar surface area (TPSA) is 73.9 Å². The Labute approximate surface area is 167 Å². The van der Waals surface area contributed by atoms with Crippen molar-refractivity contribution >= 4 is 35.4 Å². The minimum Gasteiger partial charge on any atom is -0.490 e. The van der Waals surface area contributed by atoms with Crippen LogP contribution >= 0.6 is 11.8 Å². The summed E-state index contributed by atoms with van der Waals surface area (Å²) in [6.07, 6.45) is 1.80. The highest BCUT2D eigenvalue weighted by Gasteiger charge is 2.20. The number of para-hydroxylation sites is 1. The first-order chi connectivity index (χ1) is 13.6. The molecule has 0 bridgehead atoms. The van der Waals surface area contributed by atoms with E-state index in [4.69, 9.17) is 14.2 Å². The highest BCUT2D eigenvalue weighted by molar-refractivity contribution is 8.04. The van der Waals surface area contributed by atoms with E-state index in [0.29, 0.717) is 29.6 Å². The van der Waals surface area contributed by atoms with Crippen molar-refractivity contribution in [3.63, 3.8) is 0 Å². The van der Waals surface area contributed by atoms with Gasteiger partial charge in [0.2, 0.25) is 0 Å². The lowest BCUT2D eigenvalue weighted by atomic mass is 10.2. The summed E-state index contributed by atoms with van der Waals surface area (Å²) >= 11 is 1.42. The normalized spacial score (nSPS) is 14.2. The van der Waals surface area contributed by atoms with E-state index in [-0.39, 0.29) is 12.5 Å². The molecule has 0 aromatic heterocycles. The number of hydrogen-bond acceptors (Lipinski definition) is 6. The summed E-state index contributed by atoms with van der Waals surface area (Å²) < 4.78 is 16.0. The van der Waals surface area contributed by atoms with Gasteiger partial charge >= 0.3 is 5.97 Å². The number of benzene rings is 2. The predicted octanol–water partition coefficient (Wildman–Crippen LogP) is 4.11. The zero-order chi connectivity index (χ0) is 19.9. The summed E-state index contributed by atoms with van der Waals surface area (Å²) in [5, 5.41) is 2.89. The van der Waals surface area contributed by atoms with E-state index >= 15 is 0 Å². The van der Waals surface area contributed by atoms with Gasteiger partial charge in [0.15, 0.2) is 18.1 Å². The van der Waals surface area contributed by atoms with Crippen molar-refractivity contribution in [1.29, 1.82) is 0 Å². The number of nitrogens with one attached hydrogen (secondary N) is 1. The molecule has 146 valence electrons. The van der Waals surface area contributed by atoms with Gasteiger partial charge in [-0.3, -0.25) is 4.79 Å². The lowest BCUT2D eigenvalue weighted by Gasteiger charge is -2.18. The highest BCUT2D eigenvalue weighted by Crippen LogP contribution is 2.39. The second-order valence-corrected chi connectivity index (χ2v) is 6.88. The van der Waals surface area contributed by atoms with Crippen LogP contribution in [-0.2, 0) is 14.3 Å². The Hall–Kier alpha value is -2.93. The van der Waals surface area contributed by atoms with E-state index in [1.807, 2.05) is 37.3 Å². The number of fused-ring (bicyclic) bond motifs is 1. The number of amides is 1. The number of ether oxygens (including phenoxy) is 3. The zero-order valence-electron chi connectivity index (χ0n) is 15.7. The molecule has 2 aromatic rings. The summed E-state index contributed by atoms with van der Waals surface area (Å²) in [6.45, 7) is 4.16. The van der Waals surface area contributed by atoms with E-state index < -0.39 is 5.97 Å². The first-order valence-corrected chi connectivity index (χ1v) is 9.77. The quantitative estimate of drug-likeness (QED) is 0.558. The van der Waals surface area contributed by atoms with Crippen molar-refractivity contribution in [2.75, 3.05) is 25.1 Å². The first-order valence-electron chi connectivity index (χ1n) is 8.96. The maximum absolute atomic E-state index is 12.4. The smallest absolute Gasteiger partial charge is 0.344 e. The molecule has 0 radical (unpaired) electrons. The number of anilines is 1. The van der Waals surface area contributed by atoms with Crippen LogP contribution in [0.25, 0.3) is 6.08 Å². The van der Waals surface area contributed by atoms with Gasteiger partial charge in [-0.1, -0.05) is 30.0 Å². The van der Waals surface area contributed by atoms with E-state index in [2.05, 4.69) is 5.32 Å². The van der Waals surface area contributed by atoms with Gasteiger partial charge in [-0.2, -0.15) is 0 Å². The fourth-order valence-corrected chi connectivity index (χ4v) is 3.55. The molecule has 0 aliphatic carbocycles. The number of carbonyl (C=O) groups is 2. The summed E-state index contributed by atoms with van der Waals surface area (Å²) in [4.78, 5) is 25.5. The Morgan fingerprint density at radius 1 is 1.07 bits per heavy atom. The van der Waals surface area contributed by atoms with Crippen LogP contribution in [0.15, 0.2) is 52.3 Å². The van der Waals surface area contributed by atoms with E-state index in [1.54, 1.807) is 25.1 Å². The molecule has 0 fully saturated rings. The zero-order valence-corrected chi connectivity index (χ0v) is 16.5. The Bertz CT molecular complexity index is 909. The highest BCUT2D eigenvalue weighted by atomic mass is 32.2. The van der Waals surface area contributed by atoms with Gasteiger partial charge in [0.1, 0.15) is 0 Å². The van der Waals surface area contributed by atoms with Crippen LogP contribution in [0, 0.1) is 0 Å². The van der Waals surface area contributed by atoms with Gasteiger partial charge in [0, 0.05) is 4.90 Å². The maximum atomic E-state index is 12.4. The molecule has 1 N–H and O–H groups in total. The Morgan fingerprint density at radius 3 is 2.68 bits per heavy atom. The molecule has 28 heavy (non-hydrogen) atoms. The second-order valence-electron chi connectivity index (χ2n) is 5.79. The molecule has 1 aliphatic heterocycles. The molecule has 0 saturated heterocycles. The standard InChI is InChI=1S/C21H21NO5S/c1-3-25-17-11-14(9-10-16(17)27-13-20(23)26-4-2)12-19-21(24)22-15-7-5-6-8-18(15)28-19/h5-12H,3-4,13H2,1-2H3,(H,22,24)/b19-12-. The summed E-state index contributed by atoms with van der Waals surface area (Å²) in [6, 6.07) is 13.0. The van der Waals surface area contributed by atoms with Crippen molar-refractivity contribution in [3.05, 3.63) is 52.9 Å². The third-order valence-corrected chi connectivity index (χ3v) is 4.89. The molecule has 3 rings (SSSR count). The van der Waals surface area contributed by atoms with Gasteiger partial charge in [-0.25, -0.2) is 4.79 Å². The molecule has 1 amide bonds. The van der Waals surface area contributed by atoms with Crippen molar-refractivity contribution < 1.29 is 23.8 Å². The van der Waals surface area contributed by atoms with Crippen LogP contribution in [0.1, 0.15) is 19.4 Å². The Balaban J connectivity index is 1.80. The molecule has 0 saturated carbocycles. The molecule has 1 aliphatic rings. The SMILES string of the molecule is CCOC(=O)COc1ccc(/C=C2\Sc3ccccc3NC2=O)cc1OCC. The summed E-state index contributed by atoms with van der Waals surface area (Å²) in [5.74, 6) is 0.361. The lowest BCUT2D eigenvalue weighted by Crippen LogP contribution is -2.17. The minimum atomic E-state index is -0.440. The average Bonchev–Trinajstić information content (AvgIpc) is 2.68. The molecule has 7 heteroatoms. The second kappa shape index (κ2) is 9.32. The third-order valence-electron chi connectivity index (χ3n) is 3.80. The van der Waals surface area contributed by atoms with Crippen molar-refractivity contribution in [2.24, 2.45) is 0 Å². The molecule has 0 unspecified atom stereocenters. The Morgan fingerprint density at radius 2 is 1.89 bits per heavy atom. The summed E-state index contributed by atoms with van der Waals surface area (Å²) in [5.41, 5.74) is 1.61. The number of carbonyl (C=O) groups excluding carboxylic acids is 2. The lowest BCUT2D eigenvalue weighted by molar-refractivity contribution is -0.145. The van der Waals surface area contributed by atoms with Gasteiger partial charge in [-0.15, -0.1) is 0 Å².